The van der Waals surface area contributed by atoms with Crippen molar-refractivity contribution in [2.45, 2.75) is 29.6 Å². The first-order chi connectivity index (χ1) is 4.77. The summed E-state index contributed by atoms with van der Waals surface area (Å²) in [4.78, 5) is 0. The van der Waals surface area contributed by atoms with Crippen LogP contribution in [0.3, 0.4) is 0 Å². The van der Waals surface area contributed by atoms with Gasteiger partial charge in [0, 0.05) is 3.42 Å². The molecule has 0 amide bonds. The maximum absolute atomic E-state index is 2.55. The number of halogens is 1. The highest BCUT2D eigenvalue weighted by atomic mass is 127. The molecule has 0 heterocycles. The Morgan fingerprint density at radius 1 is 1.50 bits per heavy atom. The molecule has 1 aliphatic carbocycles. The highest BCUT2D eigenvalue weighted by Gasteiger charge is 2.20. The summed E-state index contributed by atoms with van der Waals surface area (Å²) in [6, 6.07) is 0. The van der Waals surface area contributed by atoms with Gasteiger partial charge in [-0.3, -0.25) is 0 Å². The summed E-state index contributed by atoms with van der Waals surface area (Å²) in [5.74, 6) is 0. The summed E-state index contributed by atoms with van der Waals surface area (Å²) >= 11 is 2.55. The zero-order valence-corrected chi connectivity index (χ0v) is 8.47. The lowest BCUT2D eigenvalue weighted by atomic mass is 9.96. The Morgan fingerprint density at radius 2 is 2.30 bits per heavy atom. The molecule has 0 saturated heterocycles. The van der Waals surface area contributed by atoms with Gasteiger partial charge in [0.05, 0.1) is 0 Å². The summed E-state index contributed by atoms with van der Waals surface area (Å²) in [5.41, 5.74) is 0. The number of hydrogen-bond donors (Lipinski definition) is 0. The van der Waals surface area contributed by atoms with E-state index in [0.29, 0.717) is 3.42 Å². The lowest BCUT2D eigenvalue weighted by Gasteiger charge is -2.23. The molecule has 1 rings (SSSR count). The minimum atomic E-state index is 0.432. The SMILES string of the molecule is CCCC1(I)C=CC=CC1. The number of alkyl halides is 1. The molecular weight excluding hydrogens is 235 g/mol. The Balaban J connectivity index is 2.52. The second-order valence-corrected chi connectivity index (χ2v) is 4.92. The van der Waals surface area contributed by atoms with E-state index in [2.05, 4.69) is 53.8 Å². The summed E-state index contributed by atoms with van der Waals surface area (Å²) in [6.07, 6.45) is 12.6. The molecule has 56 valence electrons. The third-order valence-electron chi connectivity index (χ3n) is 1.76. The molecule has 10 heavy (non-hydrogen) atoms. The lowest BCUT2D eigenvalue weighted by Crippen LogP contribution is -2.16. The largest absolute Gasteiger partial charge is 0.0829 e. The van der Waals surface area contributed by atoms with Crippen LogP contribution in [0.25, 0.3) is 0 Å². The van der Waals surface area contributed by atoms with Gasteiger partial charge in [0.1, 0.15) is 0 Å². The molecule has 1 unspecified atom stereocenters. The first-order valence-electron chi connectivity index (χ1n) is 3.80. The first-order valence-corrected chi connectivity index (χ1v) is 4.88. The van der Waals surface area contributed by atoms with Gasteiger partial charge in [0.15, 0.2) is 0 Å². The van der Waals surface area contributed by atoms with E-state index in [1.165, 1.54) is 19.3 Å². The van der Waals surface area contributed by atoms with Crippen LogP contribution < -0.4 is 0 Å². The molecule has 0 radical (unpaired) electrons. The van der Waals surface area contributed by atoms with E-state index >= 15 is 0 Å². The summed E-state index contributed by atoms with van der Waals surface area (Å²) in [7, 11) is 0. The summed E-state index contributed by atoms with van der Waals surface area (Å²) in [6.45, 7) is 2.24. The van der Waals surface area contributed by atoms with E-state index in [0.717, 1.165) is 0 Å². The quantitative estimate of drug-likeness (QED) is 0.518. The zero-order valence-electron chi connectivity index (χ0n) is 6.31. The smallest absolute Gasteiger partial charge is 0.0438 e. The predicted octanol–water partition coefficient (Wildman–Crippen LogP) is 3.48. The van der Waals surface area contributed by atoms with Gasteiger partial charge in [-0.2, -0.15) is 0 Å². The monoisotopic (exact) mass is 248 g/mol. The molecule has 0 N–H and O–H groups in total. The maximum Gasteiger partial charge on any atom is 0.0438 e. The topological polar surface area (TPSA) is 0 Å². The molecule has 0 aromatic rings. The van der Waals surface area contributed by atoms with Crippen LogP contribution in [-0.2, 0) is 0 Å². The van der Waals surface area contributed by atoms with Gasteiger partial charge < -0.3 is 0 Å². The molecule has 0 aliphatic heterocycles. The van der Waals surface area contributed by atoms with Crippen LogP contribution in [0, 0.1) is 0 Å². The molecule has 1 heteroatoms. The van der Waals surface area contributed by atoms with Gasteiger partial charge in [-0.05, 0) is 12.8 Å². The highest BCUT2D eigenvalue weighted by Crippen LogP contribution is 2.32. The van der Waals surface area contributed by atoms with Crippen molar-refractivity contribution in [3.8, 4) is 0 Å². The molecule has 0 aromatic heterocycles. The van der Waals surface area contributed by atoms with Crippen molar-refractivity contribution in [1.82, 2.24) is 0 Å². The normalized spacial score (nSPS) is 31.0. The molecular formula is C9H13I. The van der Waals surface area contributed by atoms with Crippen molar-refractivity contribution in [1.29, 1.82) is 0 Å². The van der Waals surface area contributed by atoms with Crippen LogP contribution in [0.15, 0.2) is 24.3 Å². The van der Waals surface area contributed by atoms with Gasteiger partial charge in [-0.1, -0.05) is 60.2 Å². The fourth-order valence-electron chi connectivity index (χ4n) is 1.24. The average Bonchev–Trinajstić information content (AvgIpc) is 1.89. The van der Waals surface area contributed by atoms with Crippen LogP contribution in [0.4, 0.5) is 0 Å². The zero-order chi connectivity index (χ0) is 7.45. The fraction of sp³-hybridized carbons (Fsp3) is 0.556. The van der Waals surface area contributed by atoms with E-state index in [1.807, 2.05) is 0 Å². The van der Waals surface area contributed by atoms with Crippen molar-refractivity contribution < 1.29 is 0 Å². The van der Waals surface area contributed by atoms with Gasteiger partial charge >= 0.3 is 0 Å². The van der Waals surface area contributed by atoms with Crippen molar-refractivity contribution in [2.75, 3.05) is 0 Å². The van der Waals surface area contributed by atoms with Crippen LogP contribution in [0.2, 0.25) is 0 Å². The molecule has 0 fully saturated rings. The van der Waals surface area contributed by atoms with Crippen LogP contribution in [0.5, 0.6) is 0 Å². The van der Waals surface area contributed by atoms with Crippen molar-refractivity contribution >= 4 is 22.6 Å². The minimum Gasteiger partial charge on any atom is -0.0829 e. The first kappa shape index (κ1) is 8.31. The summed E-state index contributed by atoms with van der Waals surface area (Å²) < 4.78 is 0.432. The van der Waals surface area contributed by atoms with Gasteiger partial charge in [0.2, 0.25) is 0 Å². The van der Waals surface area contributed by atoms with Crippen LogP contribution >= 0.6 is 22.6 Å². The molecule has 1 aliphatic rings. The maximum atomic E-state index is 2.55. The summed E-state index contributed by atoms with van der Waals surface area (Å²) in [5, 5.41) is 0. The van der Waals surface area contributed by atoms with E-state index in [-0.39, 0.29) is 0 Å². The standard InChI is InChI=1S/C9H13I/c1-2-6-9(10)7-4-3-5-8-9/h3-5,7H,2,6,8H2,1H3. The fourth-order valence-corrected chi connectivity index (χ4v) is 2.24. The van der Waals surface area contributed by atoms with Crippen molar-refractivity contribution in [2.24, 2.45) is 0 Å². The molecule has 0 saturated carbocycles. The highest BCUT2D eigenvalue weighted by molar-refractivity contribution is 14.1. The molecule has 0 spiro atoms. The van der Waals surface area contributed by atoms with Gasteiger partial charge in [-0.15, -0.1) is 0 Å². The van der Waals surface area contributed by atoms with Gasteiger partial charge in [-0.25, -0.2) is 0 Å². The number of rotatable bonds is 2. The average molecular weight is 248 g/mol. The molecule has 0 bridgehead atoms. The lowest BCUT2D eigenvalue weighted by molar-refractivity contribution is 0.659. The van der Waals surface area contributed by atoms with E-state index in [1.54, 1.807) is 0 Å². The Labute approximate surface area is 76.5 Å². The third-order valence-corrected chi connectivity index (χ3v) is 3.10. The van der Waals surface area contributed by atoms with E-state index in [9.17, 15) is 0 Å². The predicted molar refractivity (Wildman–Crippen MR) is 54.6 cm³/mol. The third kappa shape index (κ3) is 2.11. The molecule has 1 atom stereocenters. The van der Waals surface area contributed by atoms with E-state index < -0.39 is 0 Å². The molecule has 0 aromatic carbocycles. The second kappa shape index (κ2) is 3.56. The van der Waals surface area contributed by atoms with Gasteiger partial charge in [0.25, 0.3) is 0 Å². The van der Waals surface area contributed by atoms with Crippen LogP contribution in [0.1, 0.15) is 26.2 Å². The van der Waals surface area contributed by atoms with Crippen LogP contribution in [-0.4, -0.2) is 3.42 Å². The molecule has 0 nitrogen and oxygen atoms in total. The Morgan fingerprint density at radius 3 is 2.80 bits per heavy atom. The Bertz CT molecular complexity index is 158. The Hall–Kier alpha value is 0.210. The van der Waals surface area contributed by atoms with E-state index in [4.69, 9.17) is 0 Å². The second-order valence-electron chi connectivity index (χ2n) is 2.78. The van der Waals surface area contributed by atoms with Crippen molar-refractivity contribution in [3.05, 3.63) is 24.3 Å². The number of allylic oxidation sites excluding steroid dienone is 4. The Kier molecular flexibility index (Phi) is 2.96. The van der Waals surface area contributed by atoms with Crippen molar-refractivity contribution in [3.63, 3.8) is 0 Å². The minimum absolute atomic E-state index is 0.432. The number of hydrogen-bond acceptors (Lipinski definition) is 0.